The highest BCUT2D eigenvalue weighted by molar-refractivity contribution is 7.00. The van der Waals surface area contributed by atoms with Crippen LogP contribution in [-0.2, 0) is 16.1 Å². The van der Waals surface area contributed by atoms with Gasteiger partial charge in [-0.25, -0.2) is 0 Å². The molecule has 1 amide bonds. The summed E-state index contributed by atoms with van der Waals surface area (Å²) in [5.41, 5.74) is 2.87. The van der Waals surface area contributed by atoms with Gasteiger partial charge in [0.1, 0.15) is 11.0 Å². The SMILES string of the molecule is CC1CN(CC(=O)N(C)Cc2ccc3nsnc3c2)CC(C)O1. The van der Waals surface area contributed by atoms with Gasteiger partial charge in [-0.05, 0) is 31.5 Å². The number of hydrogen-bond acceptors (Lipinski definition) is 6. The maximum atomic E-state index is 12.5. The van der Waals surface area contributed by atoms with E-state index in [1.54, 1.807) is 4.90 Å². The number of benzene rings is 1. The monoisotopic (exact) mass is 334 g/mol. The molecule has 7 heteroatoms. The zero-order valence-electron chi connectivity index (χ0n) is 13.7. The van der Waals surface area contributed by atoms with Crippen molar-refractivity contribution in [3.05, 3.63) is 23.8 Å². The number of fused-ring (bicyclic) bond motifs is 1. The van der Waals surface area contributed by atoms with Crippen LogP contribution in [0.25, 0.3) is 11.0 Å². The van der Waals surface area contributed by atoms with E-state index in [4.69, 9.17) is 4.74 Å². The van der Waals surface area contributed by atoms with Gasteiger partial charge < -0.3 is 9.64 Å². The molecule has 23 heavy (non-hydrogen) atoms. The molecule has 1 fully saturated rings. The molecule has 0 radical (unpaired) electrons. The molecule has 0 aliphatic carbocycles. The lowest BCUT2D eigenvalue weighted by molar-refractivity contribution is -0.135. The highest BCUT2D eigenvalue weighted by Crippen LogP contribution is 2.15. The summed E-state index contributed by atoms with van der Waals surface area (Å²) in [5.74, 6) is 0.128. The molecule has 1 aliphatic rings. The zero-order valence-corrected chi connectivity index (χ0v) is 14.5. The van der Waals surface area contributed by atoms with E-state index in [1.165, 1.54) is 11.7 Å². The molecule has 0 spiro atoms. The van der Waals surface area contributed by atoms with Crippen LogP contribution in [0.1, 0.15) is 19.4 Å². The van der Waals surface area contributed by atoms with Gasteiger partial charge in [-0.1, -0.05) is 6.07 Å². The number of carbonyl (C=O) groups excluding carboxylic acids is 1. The van der Waals surface area contributed by atoms with Crippen molar-refractivity contribution in [1.82, 2.24) is 18.5 Å². The number of morpholine rings is 1. The summed E-state index contributed by atoms with van der Waals surface area (Å²) >= 11 is 1.21. The minimum atomic E-state index is 0.128. The number of hydrogen-bond donors (Lipinski definition) is 0. The predicted octanol–water partition coefficient (Wildman–Crippen LogP) is 1.76. The first-order valence-electron chi connectivity index (χ1n) is 7.84. The summed E-state index contributed by atoms with van der Waals surface area (Å²) < 4.78 is 14.2. The molecular weight excluding hydrogens is 312 g/mol. The number of likely N-dealkylation sites (N-methyl/N-ethyl adjacent to an activating group) is 1. The number of amides is 1. The highest BCUT2D eigenvalue weighted by atomic mass is 32.1. The Morgan fingerprint density at radius 2 is 2.00 bits per heavy atom. The van der Waals surface area contributed by atoms with Crippen LogP contribution < -0.4 is 0 Å². The van der Waals surface area contributed by atoms with E-state index in [9.17, 15) is 4.79 Å². The predicted molar refractivity (Wildman–Crippen MR) is 90.3 cm³/mol. The minimum Gasteiger partial charge on any atom is -0.373 e. The second kappa shape index (κ2) is 6.90. The normalized spacial score (nSPS) is 22.4. The van der Waals surface area contributed by atoms with E-state index < -0.39 is 0 Å². The molecule has 1 aromatic carbocycles. The van der Waals surface area contributed by atoms with Crippen molar-refractivity contribution in [3.8, 4) is 0 Å². The summed E-state index contributed by atoms with van der Waals surface area (Å²) in [7, 11) is 1.85. The number of carbonyl (C=O) groups is 1. The molecule has 2 atom stereocenters. The summed E-state index contributed by atoms with van der Waals surface area (Å²) in [6.45, 7) is 6.74. The number of rotatable bonds is 4. The molecule has 2 unspecified atom stereocenters. The Bertz CT molecular complexity index is 680. The standard InChI is InChI=1S/C16H22N4O2S/c1-11-7-20(8-12(2)22-11)10-16(21)19(3)9-13-4-5-14-15(6-13)18-23-17-14/h4-6,11-12H,7-10H2,1-3H3. The minimum absolute atomic E-state index is 0.128. The number of aromatic nitrogens is 2. The first-order chi connectivity index (χ1) is 11.0. The van der Waals surface area contributed by atoms with E-state index >= 15 is 0 Å². The molecule has 0 saturated carbocycles. The van der Waals surface area contributed by atoms with Crippen LogP contribution in [-0.4, -0.2) is 63.3 Å². The van der Waals surface area contributed by atoms with E-state index in [-0.39, 0.29) is 18.1 Å². The van der Waals surface area contributed by atoms with Crippen LogP contribution in [0.4, 0.5) is 0 Å². The highest BCUT2D eigenvalue weighted by Gasteiger charge is 2.24. The van der Waals surface area contributed by atoms with Gasteiger partial charge in [-0.2, -0.15) is 8.75 Å². The third-order valence-electron chi connectivity index (χ3n) is 4.02. The van der Waals surface area contributed by atoms with Gasteiger partial charge in [0.15, 0.2) is 0 Å². The van der Waals surface area contributed by atoms with Crippen molar-refractivity contribution in [2.45, 2.75) is 32.6 Å². The summed E-state index contributed by atoms with van der Waals surface area (Å²) in [6, 6.07) is 5.96. The van der Waals surface area contributed by atoms with Crippen LogP contribution in [0, 0.1) is 0 Å². The van der Waals surface area contributed by atoms with Crippen molar-refractivity contribution < 1.29 is 9.53 Å². The van der Waals surface area contributed by atoms with Gasteiger partial charge >= 0.3 is 0 Å². The summed E-state index contributed by atoms with van der Waals surface area (Å²) in [4.78, 5) is 16.4. The van der Waals surface area contributed by atoms with Crippen molar-refractivity contribution in [2.75, 3.05) is 26.7 Å². The Hall–Kier alpha value is -1.57. The fraction of sp³-hybridized carbons (Fsp3) is 0.562. The Morgan fingerprint density at radius 1 is 1.30 bits per heavy atom. The first-order valence-corrected chi connectivity index (χ1v) is 8.57. The van der Waals surface area contributed by atoms with Crippen LogP contribution in [0.5, 0.6) is 0 Å². The molecule has 1 aromatic heterocycles. The molecular formula is C16H22N4O2S. The second-order valence-corrected chi connectivity index (χ2v) is 6.82. The van der Waals surface area contributed by atoms with Gasteiger partial charge in [0.05, 0.1) is 30.5 Å². The smallest absolute Gasteiger partial charge is 0.236 e. The molecule has 0 bridgehead atoms. The van der Waals surface area contributed by atoms with Crippen molar-refractivity contribution in [2.24, 2.45) is 0 Å². The second-order valence-electron chi connectivity index (χ2n) is 6.29. The van der Waals surface area contributed by atoms with E-state index in [0.717, 1.165) is 29.7 Å². The van der Waals surface area contributed by atoms with Gasteiger partial charge in [0, 0.05) is 26.7 Å². The van der Waals surface area contributed by atoms with E-state index in [0.29, 0.717) is 13.1 Å². The lowest BCUT2D eigenvalue weighted by Crippen LogP contribution is -2.49. The van der Waals surface area contributed by atoms with Crippen LogP contribution in [0.15, 0.2) is 18.2 Å². The van der Waals surface area contributed by atoms with Gasteiger partial charge in [-0.3, -0.25) is 9.69 Å². The fourth-order valence-corrected chi connectivity index (χ4v) is 3.53. The summed E-state index contributed by atoms with van der Waals surface area (Å²) in [6.07, 6.45) is 0.354. The van der Waals surface area contributed by atoms with Gasteiger partial charge in [0.2, 0.25) is 5.91 Å². The number of ether oxygens (including phenoxy) is 1. The quantitative estimate of drug-likeness (QED) is 0.853. The van der Waals surface area contributed by atoms with Crippen molar-refractivity contribution in [1.29, 1.82) is 0 Å². The third kappa shape index (κ3) is 4.04. The first kappa shape index (κ1) is 16.3. The molecule has 0 N–H and O–H groups in total. The van der Waals surface area contributed by atoms with Gasteiger partial charge in [-0.15, -0.1) is 0 Å². The van der Waals surface area contributed by atoms with Gasteiger partial charge in [0.25, 0.3) is 0 Å². The van der Waals surface area contributed by atoms with Crippen molar-refractivity contribution in [3.63, 3.8) is 0 Å². The number of nitrogens with zero attached hydrogens (tertiary/aromatic N) is 4. The molecule has 6 nitrogen and oxygen atoms in total. The lowest BCUT2D eigenvalue weighted by Gasteiger charge is -2.35. The Morgan fingerprint density at radius 3 is 2.74 bits per heavy atom. The summed E-state index contributed by atoms with van der Waals surface area (Å²) in [5, 5.41) is 0. The molecule has 2 aromatic rings. The zero-order chi connectivity index (χ0) is 16.4. The third-order valence-corrected chi connectivity index (χ3v) is 4.57. The maximum absolute atomic E-state index is 12.5. The van der Waals surface area contributed by atoms with Crippen LogP contribution >= 0.6 is 11.7 Å². The van der Waals surface area contributed by atoms with Crippen LogP contribution in [0.3, 0.4) is 0 Å². The molecule has 1 saturated heterocycles. The van der Waals surface area contributed by atoms with E-state index in [1.807, 2.05) is 39.1 Å². The van der Waals surface area contributed by atoms with E-state index in [2.05, 4.69) is 13.6 Å². The van der Waals surface area contributed by atoms with Crippen molar-refractivity contribution >= 4 is 28.7 Å². The molecule has 124 valence electrons. The fourth-order valence-electron chi connectivity index (χ4n) is 3.01. The Kier molecular flexibility index (Phi) is 4.89. The molecule has 2 heterocycles. The average molecular weight is 334 g/mol. The topological polar surface area (TPSA) is 58.6 Å². The Balaban J connectivity index is 1.58. The average Bonchev–Trinajstić information content (AvgIpc) is 2.93. The Labute approximate surface area is 140 Å². The largest absolute Gasteiger partial charge is 0.373 e. The van der Waals surface area contributed by atoms with Crippen LogP contribution in [0.2, 0.25) is 0 Å². The maximum Gasteiger partial charge on any atom is 0.236 e. The molecule has 1 aliphatic heterocycles. The molecule has 3 rings (SSSR count). The lowest BCUT2D eigenvalue weighted by atomic mass is 10.2.